The molecular weight excluding hydrogens is 356 g/mol. The summed E-state index contributed by atoms with van der Waals surface area (Å²) in [6.45, 7) is 4.67. The number of hydrogen-bond acceptors (Lipinski definition) is 5. The minimum atomic E-state index is -3.23. The minimum Gasteiger partial charge on any atom is -0.382 e. The Morgan fingerprint density at radius 3 is 2.69 bits per heavy atom. The number of rotatable bonds is 11. The van der Waals surface area contributed by atoms with E-state index in [0.717, 1.165) is 44.9 Å². The standard InChI is InChI=1S/C17H34N4O4S/c1-18-17(21-8-6-16(13-21)14-25-10-9-24-2)19-7-11-26(22,23)20-12-15-4-3-5-15/h15-16,20H,3-14H2,1-2H3,(H,18,19). The molecule has 0 radical (unpaired) electrons. The number of ether oxygens (including phenoxy) is 2. The summed E-state index contributed by atoms with van der Waals surface area (Å²) >= 11 is 0. The Labute approximate surface area is 157 Å². The van der Waals surface area contributed by atoms with Gasteiger partial charge >= 0.3 is 0 Å². The number of sulfonamides is 1. The molecule has 0 spiro atoms. The van der Waals surface area contributed by atoms with Gasteiger partial charge in [-0.1, -0.05) is 6.42 Å². The van der Waals surface area contributed by atoms with Crippen LogP contribution >= 0.6 is 0 Å². The van der Waals surface area contributed by atoms with Crippen LogP contribution in [-0.2, 0) is 19.5 Å². The van der Waals surface area contributed by atoms with Gasteiger partial charge in [-0.05, 0) is 25.2 Å². The summed E-state index contributed by atoms with van der Waals surface area (Å²) in [5, 5.41) is 3.18. The second-order valence-corrected chi connectivity index (χ2v) is 9.03. The maximum atomic E-state index is 12.1. The monoisotopic (exact) mass is 390 g/mol. The topological polar surface area (TPSA) is 92.3 Å². The molecule has 1 aliphatic heterocycles. The largest absolute Gasteiger partial charge is 0.382 e. The molecule has 26 heavy (non-hydrogen) atoms. The number of methoxy groups -OCH3 is 1. The first-order valence-electron chi connectivity index (χ1n) is 9.53. The number of likely N-dealkylation sites (tertiary alicyclic amines) is 1. The third-order valence-corrected chi connectivity index (χ3v) is 6.40. The third-order valence-electron chi connectivity index (χ3n) is 5.05. The number of nitrogens with one attached hydrogen (secondary N) is 2. The lowest BCUT2D eigenvalue weighted by Gasteiger charge is -2.25. The molecule has 1 saturated carbocycles. The van der Waals surface area contributed by atoms with E-state index in [1.807, 2.05) is 0 Å². The fourth-order valence-electron chi connectivity index (χ4n) is 3.20. The molecular formula is C17H34N4O4S. The van der Waals surface area contributed by atoms with Crippen LogP contribution in [0, 0.1) is 11.8 Å². The van der Waals surface area contributed by atoms with Gasteiger partial charge in [-0.25, -0.2) is 13.1 Å². The highest BCUT2D eigenvalue weighted by Gasteiger charge is 2.25. The smallest absolute Gasteiger partial charge is 0.213 e. The minimum absolute atomic E-state index is 0.0656. The lowest BCUT2D eigenvalue weighted by Crippen LogP contribution is -2.43. The van der Waals surface area contributed by atoms with Crippen LogP contribution in [0.2, 0.25) is 0 Å². The molecule has 1 unspecified atom stereocenters. The van der Waals surface area contributed by atoms with Crippen LogP contribution in [0.5, 0.6) is 0 Å². The summed E-state index contributed by atoms with van der Waals surface area (Å²) in [6.07, 6.45) is 4.55. The quantitative estimate of drug-likeness (QED) is 0.299. The Balaban J connectivity index is 1.64. The van der Waals surface area contributed by atoms with Crippen LogP contribution in [-0.4, -0.2) is 85.2 Å². The predicted molar refractivity (Wildman–Crippen MR) is 103 cm³/mol. The van der Waals surface area contributed by atoms with E-state index in [1.165, 1.54) is 6.42 Å². The molecule has 152 valence electrons. The van der Waals surface area contributed by atoms with Gasteiger partial charge in [-0.3, -0.25) is 4.99 Å². The van der Waals surface area contributed by atoms with E-state index in [1.54, 1.807) is 14.2 Å². The fourth-order valence-corrected chi connectivity index (χ4v) is 4.20. The number of guanidine groups is 1. The van der Waals surface area contributed by atoms with Gasteiger partial charge in [0.25, 0.3) is 0 Å². The van der Waals surface area contributed by atoms with E-state index in [2.05, 4.69) is 19.9 Å². The summed E-state index contributed by atoms with van der Waals surface area (Å²) in [7, 11) is 0.170. The number of hydrogen-bond donors (Lipinski definition) is 2. The van der Waals surface area contributed by atoms with Crippen LogP contribution in [0.3, 0.4) is 0 Å². The Hall–Kier alpha value is -0.900. The Morgan fingerprint density at radius 1 is 1.23 bits per heavy atom. The van der Waals surface area contributed by atoms with Crippen LogP contribution in [0.25, 0.3) is 0 Å². The molecule has 1 saturated heterocycles. The van der Waals surface area contributed by atoms with Crippen molar-refractivity contribution < 1.29 is 17.9 Å². The lowest BCUT2D eigenvalue weighted by atomic mass is 9.86. The van der Waals surface area contributed by atoms with Crippen molar-refractivity contribution in [2.45, 2.75) is 25.7 Å². The molecule has 1 atom stereocenters. The van der Waals surface area contributed by atoms with Crippen LogP contribution in [0.1, 0.15) is 25.7 Å². The second-order valence-electron chi connectivity index (χ2n) is 7.11. The molecule has 0 aromatic carbocycles. The zero-order valence-corrected chi connectivity index (χ0v) is 16.9. The molecule has 0 amide bonds. The highest BCUT2D eigenvalue weighted by atomic mass is 32.2. The first-order valence-corrected chi connectivity index (χ1v) is 11.2. The van der Waals surface area contributed by atoms with Crippen molar-refractivity contribution in [2.75, 3.05) is 65.9 Å². The maximum absolute atomic E-state index is 12.1. The molecule has 0 bridgehead atoms. The van der Waals surface area contributed by atoms with Crippen molar-refractivity contribution in [1.82, 2.24) is 14.9 Å². The zero-order valence-electron chi connectivity index (χ0n) is 16.1. The maximum Gasteiger partial charge on any atom is 0.213 e. The van der Waals surface area contributed by atoms with Crippen molar-refractivity contribution in [3.05, 3.63) is 0 Å². The molecule has 2 rings (SSSR count). The number of nitrogens with zero attached hydrogens (tertiary/aromatic N) is 2. The fraction of sp³-hybridized carbons (Fsp3) is 0.941. The highest BCUT2D eigenvalue weighted by Crippen LogP contribution is 2.25. The van der Waals surface area contributed by atoms with Crippen molar-refractivity contribution in [3.63, 3.8) is 0 Å². The first-order chi connectivity index (χ1) is 12.5. The molecule has 2 N–H and O–H groups in total. The van der Waals surface area contributed by atoms with E-state index >= 15 is 0 Å². The van der Waals surface area contributed by atoms with Gasteiger partial charge in [0.15, 0.2) is 5.96 Å². The molecule has 1 aliphatic carbocycles. The summed E-state index contributed by atoms with van der Waals surface area (Å²) in [5.41, 5.74) is 0. The average molecular weight is 391 g/mol. The average Bonchev–Trinajstić information content (AvgIpc) is 3.03. The summed E-state index contributed by atoms with van der Waals surface area (Å²) in [5.74, 6) is 1.82. The van der Waals surface area contributed by atoms with Gasteiger partial charge < -0.3 is 19.7 Å². The number of aliphatic imine (C=N–C) groups is 1. The first kappa shape index (κ1) is 21.4. The predicted octanol–water partition coefficient (Wildman–Crippen LogP) is 0.266. The normalized spacial score (nSPS) is 21.8. The summed E-state index contributed by atoms with van der Waals surface area (Å²) in [6, 6.07) is 0. The van der Waals surface area contributed by atoms with Crippen molar-refractivity contribution >= 4 is 16.0 Å². The highest BCUT2D eigenvalue weighted by molar-refractivity contribution is 7.89. The van der Waals surface area contributed by atoms with Crippen LogP contribution < -0.4 is 10.0 Å². The van der Waals surface area contributed by atoms with E-state index in [0.29, 0.717) is 38.1 Å². The van der Waals surface area contributed by atoms with Crippen LogP contribution in [0.4, 0.5) is 0 Å². The van der Waals surface area contributed by atoms with Crippen molar-refractivity contribution in [1.29, 1.82) is 0 Å². The Bertz CT molecular complexity index is 537. The van der Waals surface area contributed by atoms with E-state index in [4.69, 9.17) is 9.47 Å². The van der Waals surface area contributed by atoms with E-state index in [-0.39, 0.29) is 5.75 Å². The summed E-state index contributed by atoms with van der Waals surface area (Å²) in [4.78, 5) is 6.45. The third kappa shape index (κ3) is 7.38. The van der Waals surface area contributed by atoms with Gasteiger partial charge in [-0.2, -0.15) is 0 Å². The molecule has 1 heterocycles. The van der Waals surface area contributed by atoms with Crippen molar-refractivity contribution in [3.8, 4) is 0 Å². The van der Waals surface area contributed by atoms with Crippen LogP contribution in [0.15, 0.2) is 4.99 Å². The van der Waals surface area contributed by atoms with Gasteiger partial charge in [0.1, 0.15) is 0 Å². The molecule has 9 heteroatoms. The lowest BCUT2D eigenvalue weighted by molar-refractivity contribution is 0.0536. The van der Waals surface area contributed by atoms with Gasteiger partial charge in [0.2, 0.25) is 10.0 Å². The van der Waals surface area contributed by atoms with Gasteiger partial charge in [0.05, 0.1) is 25.6 Å². The van der Waals surface area contributed by atoms with Gasteiger partial charge in [0, 0.05) is 46.3 Å². The van der Waals surface area contributed by atoms with Crippen molar-refractivity contribution in [2.24, 2.45) is 16.8 Å². The summed E-state index contributed by atoms with van der Waals surface area (Å²) < 4.78 is 37.4. The molecule has 2 aliphatic rings. The SMILES string of the molecule is CN=C(NCCS(=O)(=O)NCC1CCC1)N1CCC(COCCOC)C1. The molecule has 8 nitrogen and oxygen atoms in total. The zero-order chi connectivity index (χ0) is 18.8. The second kappa shape index (κ2) is 11.1. The molecule has 0 aromatic rings. The Kier molecular flexibility index (Phi) is 9.10. The van der Waals surface area contributed by atoms with E-state index in [9.17, 15) is 8.42 Å². The molecule has 0 aromatic heterocycles. The molecule has 2 fully saturated rings. The van der Waals surface area contributed by atoms with E-state index < -0.39 is 10.0 Å². The Morgan fingerprint density at radius 2 is 2.04 bits per heavy atom. The van der Waals surface area contributed by atoms with Gasteiger partial charge in [-0.15, -0.1) is 0 Å².